The number of rotatable bonds is 7. The summed E-state index contributed by atoms with van der Waals surface area (Å²) in [6, 6.07) is 6.53. The van der Waals surface area contributed by atoms with Gasteiger partial charge in [0, 0.05) is 5.69 Å². The van der Waals surface area contributed by atoms with Crippen molar-refractivity contribution >= 4 is 52.4 Å². The van der Waals surface area contributed by atoms with Crippen molar-refractivity contribution < 1.29 is 14.3 Å². The lowest BCUT2D eigenvalue weighted by atomic mass is 10.2. The summed E-state index contributed by atoms with van der Waals surface area (Å²) >= 11 is 4.47. The summed E-state index contributed by atoms with van der Waals surface area (Å²) in [7, 11) is 1.33. The highest BCUT2D eigenvalue weighted by Crippen LogP contribution is 2.28. The number of carbonyl (C=O) groups is 2. The van der Waals surface area contributed by atoms with Crippen LogP contribution < -0.4 is 5.32 Å². The number of hydrogen-bond donors (Lipinski definition) is 1. The van der Waals surface area contributed by atoms with Gasteiger partial charge in [-0.1, -0.05) is 41.8 Å². The zero-order valence-corrected chi connectivity index (χ0v) is 15.0. The Kier molecular flexibility index (Phi) is 6.87. The minimum Gasteiger partial charge on any atom is -0.465 e. The van der Waals surface area contributed by atoms with Gasteiger partial charge in [-0.05, 0) is 30.0 Å². The number of ether oxygens (including phenoxy) is 1. The molecule has 1 N–H and O–H groups in total. The molecule has 9 heteroatoms. The van der Waals surface area contributed by atoms with Crippen molar-refractivity contribution in [1.82, 2.24) is 10.2 Å². The third-order valence-corrected chi connectivity index (χ3v) is 5.64. The van der Waals surface area contributed by atoms with E-state index in [1.165, 1.54) is 30.2 Å². The summed E-state index contributed by atoms with van der Waals surface area (Å²) in [5.41, 5.74) is 1.07. The second-order valence-electron chi connectivity index (χ2n) is 4.17. The molecule has 0 fully saturated rings. The Labute approximate surface area is 146 Å². The molecular formula is C14H15N3O3S3. The van der Waals surface area contributed by atoms with E-state index in [-0.39, 0.29) is 11.7 Å². The number of esters is 1. The highest BCUT2D eigenvalue weighted by atomic mass is 32.2. The number of amides is 1. The molecule has 2 rings (SSSR count). The lowest BCUT2D eigenvalue weighted by Crippen LogP contribution is -2.14. The number of nitrogens with one attached hydrogen (secondary N) is 1. The summed E-state index contributed by atoms with van der Waals surface area (Å²) in [6.45, 7) is 2.05. The maximum atomic E-state index is 11.9. The van der Waals surface area contributed by atoms with Crippen molar-refractivity contribution in [3.05, 3.63) is 29.8 Å². The van der Waals surface area contributed by atoms with Crippen LogP contribution in [-0.4, -0.2) is 40.7 Å². The van der Waals surface area contributed by atoms with Gasteiger partial charge in [-0.3, -0.25) is 4.79 Å². The molecule has 0 aliphatic heterocycles. The van der Waals surface area contributed by atoms with Crippen molar-refractivity contribution in [2.75, 3.05) is 23.9 Å². The minimum absolute atomic E-state index is 0.138. The lowest BCUT2D eigenvalue weighted by Gasteiger charge is -2.05. The summed E-state index contributed by atoms with van der Waals surface area (Å²) in [6.07, 6.45) is 0. The van der Waals surface area contributed by atoms with Crippen LogP contribution in [0, 0.1) is 0 Å². The molecular weight excluding hydrogens is 354 g/mol. The van der Waals surface area contributed by atoms with Crippen molar-refractivity contribution in [3.63, 3.8) is 0 Å². The van der Waals surface area contributed by atoms with Crippen LogP contribution in [-0.2, 0) is 9.53 Å². The molecule has 6 nitrogen and oxygen atoms in total. The Morgan fingerprint density at radius 2 is 1.83 bits per heavy atom. The summed E-state index contributed by atoms with van der Waals surface area (Å²) < 4.78 is 6.31. The predicted molar refractivity (Wildman–Crippen MR) is 93.4 cm³/mol. The molecule has 1 aromatic heterocycles. The summed E-state index contributed by atoms with van der Waals surface area (Å²) in [5.74, 6) is 0.655. The standard InChI is InChI=1S/C14H15N3O3S3/c1-3-21-13-16-17-14(23-13)22-8-11(18)15-10-6-4-9(5-7-10)12(19)20-2/h4-7H,3,8H2,1-2H3,(H,15,18). The smallest absolute Gasteiger partial charge is 0.337 e. The summed E-state index contributed by atoms with van der Waals surface area (Å²) in [4.78, 5) is 23.2. The first-order chi connectivity index (χ1) is 11.1. The Balaban J connectivity index is 1.83. The highest BCUT2D eigenvalue weighted by Gasteiger charge is 2.09. The molecule has 0 aliphatic rings. The van der Waals surface area contributed by atoms with Crippen molar-refractivity contribution in [3.8, 4) is 0 Å². The van der Waals surface area contributed by atoms with Crippen LogP contribution in [0.25, 0.3) is 0 Å². The molecule has 0 bridgehead atoms. The molecule has 2 aromatic rings. The predicted octanol–water partition coefficient (Wildman–Crippen LogP) is 3.17. The zero-order valence-electron chi connectivity index (χ0n) is 12.6. The van der Waals surface area contributed by atoms with E-state index in [2.05, 4.69) is 27.2 Å². The Morgan fingerprint density at radius 3 is 2.43 bits per heavy atom. The van der Waals surface area contributed by atoms with Crippen molar-refractivity contribution in [2.45, 2.75) is 15.6 Å². The van der Waals surface area contributed by atoms with Gasteiger partial charge in [0.25, 0.3) is 0 Å². The molecule has 0 saturated carbocycles. The number of thioether (sulfide) groups is 2. The molecule has 0 aliphatic carbocycles. The number of methoxy groups -OCH3 is 1. The van der Waals surface area contributed by atoms with E-state index in [4.69, 9.17) is 0 Å². The molecule has 1 amide bonds. The summed E-state index contributed by atoms with van der Waals surface area (Å²) in [5, 5.41) is 10.8. The third-order valence-electron chi connectivity index (χ3n) is 2.57. The van der Waals surface area contributed by atoms with Crippen molar-refractivity contribution in [1.29, 1.82) is 0 Å². The van der Waals surface area contributed by atoms with Gasteiger partial charge in [-0.25, -0.2) is 4.79 Å². The third kappa shape index (κ3) is 5.52. The maximum Gasteiger partial charge on any atom is 0.337 e. The fourth-order valence-corrected chi connectivity index (χ4v) is 4.29. The molecule has 0 radical (unpaired) electrons. The first-order valence-electron chi connectivity index (χ1n) is 6.69. The van der Waals surface area contributed by atoms with Crippen molar-refractivity contribution in [2.24, 2.45) is 0 Å². The first-order valence-corrected chi connectivity index (χ1v) is 9.48. The number of nitrogens with zero attached hydrogens (tertiary/aromatic N) is 2. The van der Waals surface area contributed by atoms with Gasteiger partial charge in [-0.15, -0.1) is 10.2 Å². The fraction of sp³-hybridized carbons (Fsp3) is 0.286. The Morgan fingerprint density at radius 1 is 1.17 bits per heavy atom. The van der Waals surface area contributed by atoms with Crippen LogP contribution in [0.2, 0.25) is 0 Å². The normalized spacial score (nSPS) is 10.3. The van der Waals surface area contributed by atoms with Crippen LogP contribution in [0.4, 0.5) is 5.69 Å². The van der Waals surface area contributed by atoms with Gasteiger partial charge in [0.05, 0.1) is 18.4 Å². The molecule has 0 spiro atoms. The van der Waals surface area contributed by atoms with Crippen LogP contribution in [0.15, 0.2) is 32.9 Å². The SMILES string of the molecule is CCSc1nnc(SCC(=O)Nc2ccc(C(=O)OC)cc2)s1. The van der Waals surface area contributed by atoms with E-state index in [9.17, 15) is 9.59 Å². The monoisotopic (exact) mass is 369 g/mol. The second-order valence-corrected chi connectivity index (χ2v) is 7.88. The van der Waals surface area contributed by atoms with Crippen LogP contribution >= 0.6 is 34.9 Å². The number of benzene rings is 1. The number of aromatic nitrogens is 2. The molecule has 0 saturated heterocycles. The Bertz CT molecular complexity index is 673. The van der Waals surface area contributed by atoms with Gasteiger partial charge in [0.15, 0.2) is 8.68 Å². The van der Waals surface area contributed by atoms with Gasteiger partial charge in [0.1, 0.15) is 0 Å². The molecule has 0 unspecified atom stereocenters. The van der Waals surface area contributed by atoms with E-state index in [1.54, 1.807) is 36.0 Å². The number of anilines is 1. The molecule has 23 heavy (non-hydrogen) atoms. The van der Waals surface area contributed by atoms with E-state index in [0.717, 1.165) is 14.4 Å². The molecule has 122 valence electrons. The number of carbonyl (C=O) groups excluding carboxylic acids is 2. The van der Waals surface area contributed by atoms with E-state index < -0.39 is 5.97 Å². The average molecular weight is 369 g/mol. The maximum absolute atomic E-state index is 11.9. The average Bonchev–Trinajstić information content (AvgIpc) is 3.01. The van der Waals surface area contributed by atoms with Gasteiger partial charge >= 0.3 is 5.97 Å². The topological polar surface area (TPSA) is 81.2 Å². The van der Waals surface area contributed by atoms with E-state index in [0.29, 0.717) is 11.3 Å². The Hall–Kier alpha value is -1.58. The van der Waals surface area contributed by atoms with Gasteiger partial charge in [-0.2, -0.15) is 0 Å². The van der Waals surface area contributed by atoms with E-state index >= 15 is 0 Å². The van der Waals surface area contributed by atoms with Gasteiger partial charge < -0.3 is 10.1 Å². The quantitative estimate of drug-likeness (QED) is 0.593. The zero-order chi connectivity index (χ0) is 16.7. The molecule has 1 aromatic carbocycles. The fourth-order valence-electron chi connectivity index (χ4n) is 1.57. The highest BCUT2D eigenvalue weighted by molar-refractivity contribution is 8.03. The van der Waals surface area contributed by atoms with Crippen LogP contribution in [0.5, 0.6) is 0 Å². The van der Waals surface area contributed by atoms with E-state index in [1.807, 2.05) is 0 Å². The molecule has 1 heterocycles. The molecule has 0 atom stereocenters. The first kappa shape index (κ1) is 17.8. The van der Waals surface area contributed by atoms with Crippen LogP contribution in [0.1, 0.15) is 17.3 Å². The van der Waals surface area contributed by atoms with Crippen LogP contribution in [0.3, 0.4) is 0 Å². The lowest BCUT2D eigenvalue weighted by molar-refractivity contribution is -0.113. The largest absolute Gasteiger partial charge is 0.465 e. The minimum atomic E-state index is -0.407. The van der Waals surface area contributed by atoms with Gasteiger partial charge in [0.2, 0.25) is 5.91 Å². The number of hydrogen-bond acceptors (Lipinski definition) is 8. The second kappa shape index (κ2) is 8.90.